The van der Waals surface area contributed by atoms with Gasteiger partial charge in [0.15, 0.2) is 0 Å². The van der Waals surface area contributed by atoms with Gasteiger partial charge in [-0.1, -0.05) is 0 Å². The Bertz CT molecular complexity index is 401. The number of hydrogen-bond acceptors (Lipinski definition) is 3. The van der Waals surface area contributed by atoms with Gasteiger partial charge in [0, 0.05) is 38.3 Å². The first-order valence-electron chi connectivity index (χ1n) is 5.39. The van der Waals surface area contributed by atoms with E-state index in [-0.39, 0.29) is 11.8 Å². The molecule has 0 aliphatic rings. The van der Waals surface area contributed by atoms with Gasteiger partial charge in [-0.15, -0.1) is 0 Å². The van der Waals surface area contributed by atoms with Crippen LogP contribution in [0, 0.1) is 0 Å². The van der Waals surface area contributed by atoms with Gasteiger partial charge in [0.25, 0.3) is 0 Å². The Balaban J connectivity index is 2.69. The minimum Gasteiger partial charge on any atom is -0.399 e. The third kappa shape index (κ3) is 4.14. The molecule has 0 aliphatic carbocycles. The molecule has 92 valence electrons. The van der Waals surface area contributed by atoms with Crippen molar-refractivity contribution >= 4 is 23.2 Å². The van der Waals surface area contributed by atoms with E-state index in [0.29, 0.717) is 18.8 Å². The van der Waals surface area contributed by atoms with Crippen LogP contribution in [0.5, 0.6) is 0 Å². The summed E-state index contributed by atoms with van der Waals surface area (Å²) in [6, 6.07) is 7.04. The molecule has 2 amide bonds. The molecule has 17 heavy (non-hydrogen) atoms. The highest BCUT2D eigenvalue weighted by molar-refractivity contribution is 5.91. The molecule has 0 fully saturated rings. The van der Waals surface area contributed by atoms with Crippen molar-refractivity contribution in [2.75, 3.05) is 23.7 Å². The summed E-state index contributed by atoms with van der Waals surface area (Å²) in [6.45, 7) is 3.81. The number of amides is 2. The third-order valence-electron chi connectivity index (χ3n) is 2.29. The van der Waals surface area contributed by atoms with Crippen LogP contribution in [0.3, 0.4) is 0 Å². The monoisotopic (exact) mass is 235 g/mol. The maximum absolute atomic E-state index is 11.5. The molecular weight excluding hydrogens is 218 g/mol. The topological polar surface area (TPSA) is 75.4 Å². The van der Waals surface area contributed by atoms with E-state index in [2.05, 4.69) is 5.32 Å². The second-order valence-corrected chi connectivity index (χ2v) is 3.75. The van der Waals surface area contributed by atoms with Crippen molar-refractivity contribution in [1.82, 2.24) is 5.32 Å². The number of carbonyl (C=O) groups excluding carboxylic acids is 2. The molecule has 0 heterocycles. The first-order chi connectivity index (χ1) is 8.00. The van der Waals surface area contributed by atoms with Crippen LogP contribution in [-0.4, -0.2) is 24.9 Å². The molecule has 0 bridgehead atoms. The van der Waals surface area contributed by atoms with Gasteiger partial charge in [-0.05, 0) is 24.3 Å². The molecule has 5 heteroatoms. The molecule has 3 N–H and O–H groups in total. The fraction of sp³-hybridized carbons (Fsp3) is 0.333. The van der Waals surface area contributed by atoms with Gasteiger partial charge in [0.2, 0.25) is 11.8 Å². The molecule has 1 aromatic rings. The maximum atomic E-state index is 11.5. The molecule has 0 saturated heterocycles. The van der Waals surface area contributed by atoms with E-state index < -0.39 is 0 Å². The Hall–Kier alpha value is -2.04. The zero-order valence-electron chi connectivity index (χ0n) is 10.1. The molecule has 0 atom stereocenters. The van der Waals surface area contributed by atoms with Crippen molar-refractivity contribution in [3.63, 3.8) is 0 Å². The summed E-state index contributed by atoms with van der Waals surface area (Å²) in [7, 11) is 0. The quantitative estimate of drug-likeness (QED) is 0.756. The Morgan fingerprint density at radius 3 is 2.29 bits per heavy atom. The van der Waals surface area contributed by atoms with E-state index in [4.69, 9.17) is 5.73 Å². The second-order valence-electron chi connectivity index (χ2n) is 3.75. The van der Waals surface area contributed by atoms with Gasteiger partial charge < -0.3 is 16.0 Å². The number of anilines is 2. The first-order valence-corrected chi connectivity index (χ1v) is 5.39. The van der Waals surface area contributed by atoms with E-state index in [1.807, 2.05) is 0 Å². The van der Waals surface area contributed by atoms with E-state index in [1.54, 1.807) is 29.2 Å². The molecular formula is C12H17N3O2. The number of benzene rings is 1. The zero-order chi connectivity index (χ0) is 12.8. The molecule has 0 spiro atoms. The average molecular weight is 235 g/mol. The zero-order valence-corrected chi connectivity index (χ0v) is 10.1. The lowest BCUT2D eigenvalue weighted by molar-refractivity contribution is -0.119. The number of nitrogens with zero attached hydrogens (tertiary/aromatic N) is 1. The molecule has 0 aromatic heterocycles. The molecule has 0 radical (unpaired) electrons. The lowest BCUT2D eigenvalue weighted by atomic mass is 10.2. The van der Waals surface area contributed by atoms with Crippen molar-refractivity contribution < 1.29 is 9.59 Å². The predicted octanol–water partition coefficient (Wildman–Crippen LogP) is 0.758. The Morgan fingerprint density at radius 1 is 1.24 bits per heavy atom. The minimum absolute atomic E-state index is 0.0693. The minimum atomic E-state index is -0.106. The normalized spacial score (nSPS) is 9.76. The standard InChI is InChI=1S/C12H17N3O2/c1-9(16)14-7-8-15(10(2)17)12-5-3-11(13)4-6-12/h3-6H,7-8,13H2,1-2H3,(H,14,16). The van der Waals surface area contributed by atoms with E-state index in [0.717, 1.165) is 5.69 Å². The van der Waals surface area contributed by atoms with Crippen molar-refractivity contribution in [1.29, 1.82) is 0 Å². The highest BCUT2D eigenvalue weighted by atomic mass is 16.2. The summed E-state index contributed by atoms with van der Waals surface area (Å²) < 4.78 is 0. The van der Waals surface area contributed by atoms with Crippen LogP contribution >= 0.6 is 0 Å². The molecule has 0 saturated carbocycles. The van der Waals surface area contributed by atoms with E-state index in [9.17, 15) is 9.59 Å². The van der Waals surface area contributed by atoms with Crippen LogP contribution in [0.15, 0.2) is 24.3 Å². The number of nitrogen functional groups attached to an aromatic ring is 1. The number of nitrogens with two attached hydrogens (primary N) is 1. The summed E-state index contributed by atoms with van der Waals surface area (Å²) in [4.78, 5) is 23.8. The van der Waals surface area contributed by atoms with Gasteiger partial charge in [-0.25, -0.2) is 0 Å². The van der Waals surface area contributed by atoms with Crippen LogP contribution in [0.4, 0.5) is 11.4 Å². The SMILES string of the molecule is CC(=O)NCCN(C(C)=O)c1ccc(N)cc1. The highest BCUT2D eigenvalue weighted by Crippen LogP contribution is 2.15. The van der Waals surface area contributed by atoms with E-state index in [1.165, 1.54) is 13.8 Å². The van der Waals surface area contributed by atoms with Crippen molar-refractivity contribution in [2.24, 2.45) is 0 Å². The van der Waals surface area contributed by atoms with Crippen molar-refractivity contribution in [3.8, 4) is 0 Å². The second kappa shape index (κ2) is 5.89. The summed E-state index contributed by atoms with van der Waals surface area (Å²) in [5.41, 5.74) is 7.01. The van der Waals surface area contributed by atoms with Crippen LogP contribution in [-0.2, 0) is 9.59 Å². The molecule has 1 aromatic carbocycles. The van der Waals surface area contributed by atoms with E-state index >= 15 is 0 Å². The Labute approximate surface area is 101 Å². The maximum Gasteiger partial charge on any atom is 0.223 e. The van der Waals surface area contributed by atoms with Gasteiger partial charge >= 0.3 is 0 Å². The van der Waals surface area contributed by atoms with Crippen molar-refractivity contribution in [3.05, 3.63) is 24.3 Å². The largest absolute Gasteiger partial charge is 0.399 e. The number of rotatable bonds is 4. The first kappa shape index (κ1) is 13.0. The number of carbonyl (C=O) groups is 2. The fourth-order valence-electron chi connectivity index (χ4n) is 1.47. The van der Waals surface area contributed by atoms with Gasteiger partial charge in [0.05, 0.1) is 0 Å². The summed E-state index contributed by atoms with van der Waals surface area (Å²) >= 11 is 0. The van der Waals surface area contributed by atoms with Crippen LogP contribution in [0.2, 0.25) is 0 Å². The van der Waals surface area contributed by atoms with Gasteiger partial charge in [-0.2, -0.15) is 0 Å². The smallest absolute Gasteiger partial charge is 0.223 e. The van der Waals surface area contributed by atoms with Crippen LogP contribution < -0.4 is 16.0 Å². The van der Waals surface area contributed by atoms with Crippen LogP contribution in [0.25, 0.3) is 0 Å². The molecule has 1 rings (SSSR count). The fourth-order valence-corrected chi connectivity index (χ4v) is 1.47. The summed E-state index contributed by atoms with van der Waals surface area (Å²) in [5.74, 6) is -0.175. The summed E-state index contributed by atoms with van der Waals surface area (Å²) in [6.07, 6.45) is 0. The third-order valence-corrected chi connectivity index (χ3v) is 2.29. The average Bonchev–Trinajstić information content (AvgIpc) is 2.25. The summed E-state index contributed by atoms with van der Waals surface area (Å²) in [5, 5.41) is 2.65. The molecule has 5 nitrogen and oxygen atoms in total. The number of nitrogens with one attached hydrogen (secondary N) is 1. The Kier molecular flexibility index (Phi) is 4.51. The molecule has 0 aliphatic heterocycles. The predicted molar refractivity (Wildman–Crippen MR) is 67.6 cm³/mol. The number of hydrogen-bond donors (Lipinski definition) is 2. The Morgan fingerprint density at radius 2 is 1.82 bits per heavy atom. The van der Waals surface area contributed by atoms with Crippen LogP contribution in [0.1, 0.15) is 13.8 Å². The lowest BCUT2D eigenvalue weighted by Gasteiger charge is -2.21. The van der Waals surface area contributed by atoms with Crippen molar-refractivity contribution in [2.45, 2.75) is 13.8 Å². The van der Waals surface area contributed by atoms with Gasteiger partial charge in [-0.3, -0.25) is 9.59 Å². The molecule has 0 unspecified atom stereocenters. The lowest BCUT2D eigenvalue weighted by Crippen LogP contribution is -2.36. The van der Waals surface area contributed by atoms with Gasteiger partial charge in [0.1, 0.15) is 0 Å². The highest BCUT2D eigenvalue weighted by Gasteiger charge is 2.10.